The maximum atomic E-state index is 5.20. The molecule has 0 bridgehead atoms. The molecule has 88 valence electrons. The molecule has 0 aliphatic carbocycles. The largest absolute Gasteiger partial charge is 0.400 e. The molecular weight excluding hydrogens is 216 g/mol. The van der Waals surface area contributed by atoms with E-state index in [-0.39, 0.29) is 0 Å². The van der Waals surface area contributed by atoms with E-state index >= 15 is 0 Å². The zero-order valence-corrected chi connectivity index (χ0v) is 12.5. The van der Waals surface area contributed by atoms with Crippen LogP contribution in [0.3, 0.4) is 0 Å². The molecule has 0 aromatic rings. The van der Waals surface area contributed by atoms with Gasteiger partial charge in [-0.15, -0.1) is 0 Å². The summed E-state index contributed by atoms with van der Waals surface area (Å²) in [5.74, 6) is 0. The fourth-order valence-electron chi connectivity index (χ4n) is 0.614. The normalized spacial score (nSPS) is 10.3. The van der Waals surface area contributed by atoms with Crippen LogP contribution in [0.4, 0.5) is 0 Å². The fourth-order valence-corrected chi connectivity index (χ4v) is 1.84. The predicted molar refractivity (Wildman–Crippen MR) is 63.3 cm³/mol. The molecule has 0 unspecified atom stereocenters. The Morgan fingerprint density at radius 1 is 0.786 bits per heavy atom. The molecule has 0 atom stereocenters. The van der Waals surface area contributed by atoms with Gasteiger partial charge in [0.05, 0.1) is 0 Å². The molecule has 0 saturated heterocycles. The quantitative estimate of drug-likeness (QED) is 0.650. The van der Waals surface area contributed by atoms with Gasteiger partial charge in [0, 0.05) is 27.4 Å². The highest BCUT2D eigenvalue weighted by Gasteiger charge is 1.99. The lowest BCUT2D eigenvalue weighted by atomic mass is 10.9. The Hall–Kier alpha value is 0.274. The van der Waals surface area contributed by atoms with Crippen molar-refractivity contribution in [1.29, 1.82) is 0 Å². The maximum Gasteiger partial charge on any atom is 0.318 e. The minimum Gasteiger partial charge on any atom is -0.400 e. The molecule has 0 radical (unpaired) electrons. The second-order valence-corrected chi connectivity index (χ2v) is 6.40. The standard InChI is InChI=1S/C5H14O2Si.C3H10O2Si/c1-4-6-8(3)7-5-2;1-4-6(3)5-2/h8H,4-5H2,1-3H3;6H,1-3H3. The summed E-state index contributed by atoms with van der Waals surface area (Å²) in [6, 6.07) is 0. The smallest absolute Gasteiger partial charge is 0.318 e. The molecule has 0 spiro atoms. The van der Waals surface area contributed by atoms with Crippen molar-refractivity contribution < 1.29 is 17.7 Å². The third-order valence-electron chi connectivity index (χ3n) is 1.47. The average Bonchev–Trinajstić information content (AvgIpc) is 2.18. The van der Waals surface area contributed by atoms with Gasteiger partial charge in [0.1, 0.15) is 0 Å². The molecule has 14 heavy (non-hydrogen) atoms. The highest BCUT2D eigenvalue weighted by Crippen LogP contribution is 1.85. The molecule has 0 aromatic heterocycles. The minimum atomic E-state index is -1.20. The number of rotatable bonds is 6. The van der Waals surface area contributed by atoms with Gasteiger partial charge < -0.3 is 17.7 Å². The van der Waals surface area contributed by atoms with Crippen LogP contribution in [0.5, 0.6) is 0 Å². The first-order valence-electron chi connectivity index (χ1n) is 4.91. The number of hydrogen-bond acceptors (Lipinski definition) is 4. The summed E-state index contributed by atoms with van der Waals surface area (Å²) in [6.45, 7) is 9.55. The number of hydrogen-bond donors (Lipinski definition) is 0. The third-order valence-corrected chi connectivity index (χ3v) is 4.40. The average molecular weight is 240 g/mol. The summed E-state index contributed by atoms with van der Waals surface area (Å²) in [7, 11) is 0.971. The molecule has 0 amide bonds. The lowest BCUT2D eigenvalue weighted by Crippen LogP contribution is -2.17. The van der Waals surface area contributed by atoms with Gasteiger partial charge in [0.15, 0.2) is 0 Å². The minimum absolute atomic E-state index is 0.785. The highest BCUT2D eigenvalue weighted by atomic mass is 28.3. The molecule has 0 rings (SSSR count). The molecule has 0 aromatic carbocycles. The monoisotopic (exact) mass is 240 g/mol. The van der Waals surface area contributed by atoms with Crippen molar-refractivity contribution in [2.24, 2.45) is 0 Å². The second kappa shape index (κ2) is 13.3. The highest BCUT2D eigenvalue weighted by molar-refractivity contribution is 6.42. The van der Waals surface area contributed by atoms with Crippen LogP contribution in [-0.4, -0.2) is 46.0 Å². The van der Waals surface area contributed by atoms with Crippen LogP contribution >= 0.6 is 0 Å². The summed E-state index contributed by atoms with van der Waals surface area (Å²) in [5.41, 5.74) is 0. The van der Waals surface area contributed by atoms with E-state index < -0.39 is 18.6 Å². The summed E-state index contributed by atoms with van der Waals surface area (Å²) in [5, 5.41) is 0. The van der Waals surface area contributed by atoms with Crippen LogP contribution in [-0.2, 0) is 17.7 Å². The zero-order chi connectivity index (χ0) is 11.4. The molecular formula is C8H24O4Si2. The first-order chi connectivity index (χ1) is 6.62. The van der Waals surface area contributed by atoms with Crippen molar-refractivity contribution in [3.63, 3.8) is 0 Å². The summed E-state index contributed by atoms with van der Waals surface area (Å²) >= 11 is 0. The Labute approximate surface area is 91.2 Å². The van der Waals surface area contributed by atoms with Gasteiger partial charge in [-0.3, -0.25) is 0 Å². The Bertz CT molecular complexity index is 95.3. The Morgan fingerprint density at radius 3 is 1.29 bits per heavy atom. The van der Waals surface area contributed by atoms with Crippen molar-refractivity contribution in [2.75, 3.05) is 27.4 Å². The van der Waals surface area contributed by atoms with Crippen molar-refractivity contribution in [1.82, 2.24) is 0 Å². The Balaban J connectivity index is 0. The topological polar surface area (TPSA) is 36.9 Å². The van der Waals surface area contributed by atoms with E-state index in [1.807, 2.05) is 26.9 Å². The molecule has 0 saturated carbocycles. The Morgan fingerprint density at radius 2 is 1.14 bits per heavy atom. The van der Waals surface area contributed by atoms with E-state index in [9.17, 15) is 0 Å². The van der Waals surface area contributed by atoms with Crippen LogP contribution in [0, 0.1) is 0 Å². The van der Waals surface area contributed by atoms with Crippen molar-refractivity contribution in [3.05, 3.63) is 0 Å². The van der Waals surface area contributed by atoms with E-state index in [1.54, 1.807) is 14.2 Å². The van der Waals surface area contributed by atoms with Gasteiger partial charge in [-0.1, -0.05) is 0 Å². The predicted octanol–water partition coefficient (Wildman–Crippen LogP) is 1.04. The van der Waals surface area contributed by atoms with Gasteiger partial charge >= 0.3 is 18.6 Å². The second-order valence-electron chi connectivity index (χ2n) is 2.52. The molecule has 0 N–H and O–H groups in total. The zero-order valence-electron chi connectivity index (χ0n) is 10.2. The van der Waals surface area contributed by atoms with Crippen LogP contribution in [0.15, 0.2) is 0 Å². The first kappa shape index (κ1) is 16.7. The Kier molecular flexibility index (Phi) is 15.8. The lowest BCUT2D eigenvalue weighted by Gasteiger charge is -2.07. The molecule has 4 nitrogen and oxygen atoms in total. The first-order valence-corrected chi connectivity index (χ1v) is 9.10. The van der Waals surface area contributed by atoms with E-state index in [4.69, 9.17) is 17.7 Å². The van der Waals surface area contributed by atoms with Gasteiger partial charge in [-0.25, -0.2) is 0 Å². The summed E-state index contributed by atoms with van der Waals surface area (Å²) in [4.78, 5) is 0. The van der Waals surface area contributed by atoms with Crippen LogP contribution < -0.4 is 0 Å². The van der Waals surface area contributed by atoms with Gasteiger partial charge in [0.2, 0.25) is 0 Å². The SMILES string of the molecule is CCO[SiH](C)OCC.CO[SiH](C)OC. The van der Waals surface area contributed by atoms with Crippen molar-refractivity contribution in [2.45, 2.75) is 26.9 Å². The summed E-state index contributed by atoms with van der Waals surface area (Å²) < 4.78 is 20.0. The molecule has 0 aliphatic rings. The van der Waals surface area contributed by atoms with Gasteiger partial charge in [-0.05, 0) is 26.9 Å². The lowest BCUT2D eigenvalue weighted by molar-refractivity contribution is 0.219. The fraction of sp³-hybridized carbons (Fsp3) is 1.00. The van der Waals surface area contributed by atoms with Gasteiger partial charge in [-0.2, -0.15) is 0 Å². The van der Waals surface area contributed by atoms with E-state index in [0.29, 0.717) is 0 Å². The van der Waals surface area contributed by atoms with E-state index in [0.717, 1.165) is 13.2 Å². The molecule has 6 heteroatoms. The molecule has 0 heterocycles. The van der Waals surface area contributed by atoms with Crippen LogP contribution in [0.25, 0.3) is 0 Å². The molecule has 0 fully saturated rings. The van der Waals surface area contributed by atoms with E-state index in [1.165, 1.54) is 0 Å². The van der Waals surface area contributed by atoms with Gasteiger partial charge in [0.25, 0.3) is 0 Å². The summed E-state index contributed by atoms with van der Waals surface area (Å²) in [6.07, 6.45) is 0. The van der Waals surface area contributed by atoms with Crippen molar-refractivity contribution in [3.8, 4) is 0 Å². The van der Waals surface area contributed by atoms with Crippen LogP contribution in [0.2, 0.25) is 13.1 Å². The third kappa shape index (κ3) is 14.8. The maximum absolute atomic E-state index is 5.20. The van der Waals surface area contributed by atoms with E-state index in [2.05, 4.69) is 0 Å². The van der Waals surface area contributed by atoms with Crippen molar-refractivity contribution >= 4 is 18.6 Å². The van der Waals surface area contributed by atoms with Crippen LogP contribution in [0.1, 0.15) is 13.8 Å². The molecule has 0 aliphatic heterocycles.